The van der Waals surface area contributed by atoms with Crippen LogP contribution in [0.5, 0.6) is 0 Å². The average molecular weight is 228 g/mol. The predicted octanol–water partition coefficient (Wildman–Crippen LogP) is 1.41. The SMILES string of the molecule is CCCc1ccc(S(=O)(=O)CCO)cc1. The Labute approximate surface area is 90.7 Å². The molecule has 1 rings (SSSR count). The van der Waals surface area contributed by atoms with Gasteiger partial charge in [-0.05, 0) is 24.1 Å². The predicted molar refractivity (Wildman–Crippen MR) is 59.6 cm³/mol. The first kappa shape index (κ1) is 12.2. The van der Waals surface area contributed by atoms with E-state index >= 15 is 0 Å². The zero-order chi connectivity index (χ0) is 11.3. The van der Waals surface area contributed by atoms with Gasteiger partial charge in [-0.2, -0.15) is 0 Å². The molecule has 0 unspecified atom stereocenters. The van der Waals surface area contributed by atoms with Crippen molar-refractivity contribution in [1.29, 1.82) is 0 Å². The molecule has 0 aliphatic heterocycles. The van der Waals surface area contributed by atoms with Gasteiger partial charge in [0, 0.05) is 0 Å². The molecule has 0 amide bonds. The van der Waals surface area contributed by atoms with E-state index in [1.807, 2.05) is 12.1 Å². The maximum Gasteiger partial charge on any atom is 0.180 e. The van der Waals surface area contributed by atoms with Crippen molar-refractivity contribution < 1.29 is 13.5 Å². The highest BCUT2D eigenvalue weighted by Crippen LogP contribution is 2.13. The van der Waals surface area contributed by atoms with E-state index in [9.17, 15) is 8.42 Å². The van der Waals surface area contributed by atoms with Crippen LogP contribution in [0.1, 0.15) is 18.9 Å². The van der Waals surface area contributed by atoms with Crippen LogP contribution in [0.15, 0.2) is 29.2 Å². The lowest BCUT2D eigenvalue weighted by atomic mass is 10.1. The van der Waals surface area contributed by atoms with Crippen LogP contribution in [0, 0.1) is 0 Å². The molecule has 84 valence electrons. The molecular formula is C11H16O3S. The fourth-order valence-corrected chi connectivity index (χ4v) is 2.42. The summed E-state index contributed by atoms with van der Waals surface area (Å²) in [6.45, 7) is 1.75. The minimum atomic E-state index is -3.29. The van der Waals surface area contributed by atoms with Crippen LogP contribution in [0.25, 0.3) is 0 Å². The lowest BCUT2D eigenvalue weighted by Gasteiger charge is -2.03. The van der Waals surface area contributed by atoms with Gasteiger partial charge in [0.05, 0.1) is 17.3 Å². The van der Waals surface area contributed by atoms with E-state index in [2.05, 4.69) is 6.92 Å². The largest absolute Gasteiger partial charge is 0.395 e. The molecule has 0 fully saturated rings. The van der Waals surface area contributed by atoms with E-state index in [1.165, 1.54) is 0 Å². The van der Waals surface area contributed by atoms with Crippen molar-refractivity contribution in [2.45, 2.75) is 24.7 Å². The van der Waals surface area contributed by atoms with Gasteiger partial charge < -0.3 is 5.11 Å². The molecule has 0 atom stereocenters. The molecule has 0 aromatic heterocycles. The van der Waals surface area contributed by atoms with Crippen molar-refractivity contribution in [3.8, 4) is 0 Å². The first-order valence-electron chi connectivity index (χ1n) is 5.02. The van der Waals surface area contributed by atoms with Gasteiger partial charge in [-0.15, -0.1) is 0 Å². The van der Waals surface area contributed by atoms with Gasteiger partial charge in [0.1, 0.15) is 0 Å². The molecule has 1 N–H and O–H groups in total. The van der Waals surface area contributed by atoms with Gasteiger partial charge in [-0.25, -0.2) is 8.42 Å². The van der Waals surface area contributed by atoms with Crippen LogP contribution in [0.3, 0.4) is 0 Å². The van der Waals surface area contributed by atoms with Crippen LogP contribution in [-0.4, -0.2) is 25.9 Å². The van der Waals surface area contributed by atoms with Crippen LogP contribution >= 0.6 is 0 Å². The van der Waals surface area contributed by atoms with Crippen molar-refractivity contribution in [1.82, 2.24) is 0 Å². The Morgan fingerprint density at radius 1 is 1.20 bits per heavy atom. The molecule has 0 aliphatic rings. The highest BCUT2D eigenvalue weighted by molar-refractivity contribution is 7.91. The molecule has 0 saturated carbocycles. The third-order valence-corrected chi connectivity index (χ3v) is 3.89. The minimum Gasteiger partial charge on any atom is -0.395 e. The van der Waals surface area contributed by atoms with Crippen molar-refractivity contribution in [2.75, 3.05) is 12.4 Å². The summed E-state index contributed by atoms with van der Waals surface area (Å²) in [5, 5.41) is 8.62. The third kappa shape index (κ3) is 3.32. The van der Waals surface area contributed by atoms with Crippen LogP contribution in [-0.2, 0) is 16.3 Å². The summed E-state index contributed by atoms with van der Waals surface area (Å²) in [5.41, 5.74) is 1.14. The van der Waals surface area contributed by atoms with E-state index in [-0.39, 0.29) is 17.3 Å². The third-order valence-electron chi connectivity index (χ3n) is 2.18. The Balaban J connectivity index is 2.89. The highest BCUT2D eigenvalue weighted by Gasteiger charge is 2.12. The highest BCUT2D eigenvalue weighted by atomic mass is 32.2. The molecular weight excluding hydrogens is 212 g/mol. The van der Waals surface area contributed by atoms with Crippen LogP contribution in [0.4, 0.5) is 0 Å². The van der Waals surface area contributed by atoms with Crippen molar-refractivity contribution >= 4 is 9.84 Å². The van der Waals surface area contributed by atoms with Crippen molar-refractivity contribution in [2.24, 2.45) is 0 Å². The molecule has 0 saturated heterocycles. The summed E-state index contributed by atoms with van der Waals surface area (Å²) in [4.78, 5) is 0.288. The van der Waals surface area contributed by atoms with Crippen molar-refractivity contribution in [3.05, 3.63) is 29.8 Å². The lowest BCUT2D eigenvalue weighted by Crippen LogP contribution is -2.09. The molecule has 0 bridgehead atoms. The maximum absolute atomic E-state index is 11.5. The Hall–Kier alpha value is -0.870. The number of hydrogen-bond donors (Lipinski definition) is 1. The summed E-state index contributed by atoms with van der Waals surface area (Å²) in [7, 11) is -3.29. The lowest BCUT2D eigenvalue weighted by molar-refractivity contribution is 0.319. The number of rotatable bonds is 5. The minimum absolute atomic E-state index is 0.208. The molecule has 15 heavy (non-hydrogen) atoms. The molecule has 4 heteroatoms. The van der Waals surface area contributed by atoms with Crippen LogP contribution < -0.4 is 0 Å². The summed E-state index contributed by atoms with van der Waals surface area (Å²) in [6.07, 6.45) is 2.00. The van der Waals surface area contributed by atoms with Crippen molar-refractivity contribution in [3.63, 3.8) is 0 Å². The quantitative estimate of drug-likeness (QED) is 0.829. The van der Waals surface area contributed by atoms with E-state index < -0.39 is 9.84 Å². The fourth-order valence-electron chi connectivity index (χ4n) is 1.39. The molecule has 0 radical (unpaired) electrons. The van der Waals surface area contributed by atoms with Gasteiger partial charge in [-0.1, -0.05) is 25.5 Å². The monoisotopic (exact) mass is 228 g/mol. The van der Waals surface area contributed by atoms with Crippen LogP contribution in [0.2, 0.25) is 0 Å². The number of sulfone groups is 1. The zero-order valence-electron chi connectivity index (χ0n) is 8.81. The Kier molecular flexibility index (Phi) is 4.29. The molecule has 0 spiro atoms. The van der Waals surface area contributed by atoms with Gasteiger partial charge in [0.15, 0.2) is 9.84 Å². The number of aliphatic hydroxyl groups is 1. The zero-order valence-corrected chi connectivity index (χ0v) is 9.63. The first-order chi connectivity index (χ1) is 7.10. The normalized spacial score (nSPS) is 11.6. The number of hydrogen-bond acceptors (Lipinski definition) is 3. The topological polar surface area (TPSA) is 54.4 Å². The number of aliphatic hydroxyl groups excluding tert-OH is 1. The van der Waals surface area contributed by atoms with E-state index in [0.717, 1.165) is 18.4 Å². The van der Waals surface area contributed by atoms with E-state index in [1.54, 1.807) is 12.1 Å². The molecule has 0 heterocycles. The van der Waals surface area contributed by atoms with E-state index in [0.29, 0.717) is 0 Å². The average Bonchev–Trinajstić information content (AvgIpc) is 2.19. The summed E-state index contributed by atoms with van der Waals surface area (Å²) in [6, 6.07) is 6.87. The first-order valence-corrected chi connectivity index (χ1v) is 6.68. The molecule has 1 aromatic rings. The Bertz CT molecular complexity index is 392. The summed E-state index contributed by atoms with van der Waals surface area (Å²) in [5.74, 6) is -0.208. The molecule has 3 nitrogen and oxygen atoms in total. The van der Waals surface area contributed by atoms with E-state index in [4.69, 9.17) is 5.11 Å². The van der Waals surface area contributed by atoms with Gasteiger partial charge in [0.25, 0.3) is 0 Å². The van der Waals surface area contributed by atoms with Gasteiger partial charge >= 0.3 is 0 Å². The molecule has 1 aromatic carbocycles. The second kappa shape index (κ2) is 5.28. The fraction of sp³-hybridized carbons (Fsp3) is 0.455. The second-order valence-corrected chi connectivity index (χ2v) is 5.55. The molecule has 0 aliphatic carbocycles. The smallest absolute Gasteiger partial charge is 0.180 e. The number of aryl methyl sites for hydroxylation is 1. The standard InChI is InChI=1S/C11H16O3S/c1-2-3-10-4-6-11(7-5-10)15(13,14)9-8-12/h4-7,12H,2-3,8-9H2,1H3. The number of benzene rings is 1. The van der Waals surface area contributed by atoms with Gasteiger partial charge in [-0.3, -0.25) is 0 Å². The summed E-state index contributed by atoms with van der Waals surface area (Å²) >= 11 is 0. The Morgan fingerprint density at radius 2 is 1.80 bits per heavy atom. The van der Waals surface area contributed by atoms with Gasteiger partial charge in [0.2, 0.25) is 0 Å². The Morgan fingerprint density at radius 3 is 2.27 bits per heavy atom. The second-order valence-electron chi connectivity index (χ2n) is 3.44. The maximum atomic E-state index is 11.5. The summed E-state index contributed by atoms with van der Waals surface area (Å²) < 4.78 is 23.1.